The number of thioether (sulfide) groups is 1. The van der Waals surface area contributed by atoms with Gasteiger partial charge < -0.3 is 5.32 Å². The highest BCUT2D eigenvalue weighted by Crippen LogP contribution is 2.36. The second kappa shape index (κ2) is 7.06. The molecule has 0 bridgehead atoms. The van der Waals surface area contributed by atoms with Crippen molar-refractivity contribution in [2.75, 3.05) is 5.32 Å². The summed E-state index contributed by atoms with van der Waals surface area (Å²) in [5.74, 6) is 0.663. The van der Waals surface area contributed by atoms with Gasteiger partial charge in [-0.3, -0.25) is 4.79 Å². The zero-order valence-electron chi connectivity index (χ0n) is 13.5. The lowest BCUT2D eigenvalue weighted by Gasteiger charge is -2.06. The lowest BCUT2D eigenvalue weighted by atomic mass is 10.1. The molecule has 6 nitrogen and oxygen atoms in total. The summed E-state index contributed by atoms with van der Waals surface area (Å²) < 4.78 is 1.91. The number of tetrazole rings is 1. The van der Waals surface area contributed by atoms with Gasteiger partial charge in [0.2, 0.25) is 5.16 Å². The van der Waals surface area contributed by atoms with E-state index in [0.29, 0.717) is 11.6 Å². The molecule has 1 aliphatic carbocycles. The molecule has 1 fully saturated rings. The molecule has 1 N–H and O–H groups in total. The van der Waals surface area contributed by atoms with Crippen LogP contribution in [-0.4, -0.2) is 26.1 Å². The minimum Gasteiger partial charge on any atom is -0.322 e. The molecule has 126 valence electrons. The fourth-order valence-corrected chi connectivity index (χ4v) is 3.35. The topological polar surface area (TPSA) is 72.7 Å². The highest BCUT2D eigenvalue weighted by atomic mass is 32.2. The van der Waals surface area contributed by atoms with Crippen LogP contribution in [0, 0.1) is 0 Å². The molecule has 0 spiro atoms. The number of para-hydroxylation sites is 1. The lowest BCUT2D eigenvalue weighted by Crippen LogP contribution is -2.11. The number of rotatable bonds is 6. The Bertz CT molecular complexity index is 859. The molecule has 0 unspecified atom stereocenters. The zero-order valence-corrected chi connectivity index (χ0v) is 14.3. The molecule has 0 atom stereocenters. The third-order valence-corrected chi connectivity index (χ3v) is 4.98. The third kappa shape index (κ3) is 3.88. The summed E-state index contributed by atoms with van der Waals surface area (Å²) in [6.07, 6.45) is 2.31. The number of anilines is 1. The Morgan fingerprint density at radius 1 is 1.12 bits per heavy atom. The Morgan fingerprint density at radius 3 is 2.60 bits per heavy atom. The summed E-state index contributed by atoms with van der Waals surface area (Å²) in [6, 6.07) is 17.5. The van der Waals surface area contributed by atoms with Crippen LogP contribution in [0.5, 0.6) is 0 Å². The molecule has 3 aromatic rings. The summed E-state index contributed by atoms with van der Waals surface area (Å²) in [5.41, 5.74) is 2.56. The van der Waals surface area contributed by atoms with Crippen molar-refractivity contribution in [1.29, 1.82) is 0 Å². The van der Waals surface area contributed by atoms with Gasteiger partial charge in [-0.2, -0.15) is 0 Å². The Balaban J connectivity index is 1.36. The predicted molar refractivity (Wildman–Crippen MR) is 96.5 cm³/mol. The number of aromatic nitrogens is 4. The van der Waals surface area contributed by atoms with Crippen LogP contribution in [0.15, 0.2) is 59.8 Å². The van der Waals surface area contributed by atoms with Gasteiger partial charge in [0.15, 0.2) is 0 Å². The minimum absolute atomic E-state index is 0.108. The molecule has 2 aromatic carbocycles. The molecule has 1 amide bonds. The second-order valence-electron chi connectivity index (χ2n) is 5.94. The van der Waals surface area contributed by atoms with Crippen LogP contribution < -0.4 is 5.32 Å². The van der Waals surface area contributed by atoms with Crippen molar-refractivity contribution in [2.45, 2.75) is 29.8 Å². The Morgan fingerprint density at radius 2 is 1.88 bits per heavy atom. The molecule has 1 saturated carbocycles. The number of nitrogens with zero attached hydrogens (tertiary/aromatic N) is 4. The predicted octanol–water partition coefficient (Wildman–Crippen LogP) is 3.55. The van der Waals surface area contributed by atoms with E-state index in [1.807, 2.05) is 59.3 Å². The van der Waals surface area contributed by atoms with Crippen molar-refractivity contribution in [1.82, 2.24) is 20.2 Å². The number of carbonyl (C=O) groups excluding carboxylic acids is 1. The van der Waals surface area contributed by atoms with Crippen molar-refractivity contribution < 1.29 is 4.79 Å². The Hall–Kier alpha value is -2.67. The summed E-state index contributed by atoms with van der Waals surface area (Å²) in [4.78, 5) is 12.3. The van der Waals surface area contributed by atoms with E-state index in [0.717, 1.165) is 35.0 Å². The van der Waals surface area contributed by atoms with Crippen LogP contribution in [0.2, 0.25) is 0 Å². The third-order valence-electron chi connectivity index (χ3n) is 3.97. The molecule has 1 heterocycles. The van der Waals surface area contributed by atoms with Gasteiger partial charge in [-0.15, -0.1) is 5.10 Å². The molecule has 0 radical (unpaired) electrons. The van der Waals surface area contributed by atoms with Gasteiger partial charge in [-0.1, -0.05) is 42.1 Å². The molecule has 0 saturated heterocycles. The van der Waals surface area contributed by atoms with Gasteiger partial charge in [0.25, 0.3) is 5.91 Å². The highest BCUT2D eigenvalue weighted by molar-refractivity contribution is 7.98. The van der Waals surface area contributed by atoms with E-state index in [9.17, 15) is 4.79 Å². The fraction of sp³-hybridized carbons (Fsp3) is 0.222. The first kappa shape index (κ1) is 15.8. The zero-order chi connectivity index (χ0) is 17.1. The minimum atomic E-state index is -0.108. The van der Waals surface area contributed by atoms with E-state index in [-0.39, 0.29) is 5.91 Å². The van der Waals surface area contributed by atoms with Crippen molar-refractivity contribution in [2.24, 2.45) is 0 Å². The molecule has 4 rings (SSSR count). The fourth-order valence-electron chi connectivity index (χ4n) is 2.45. The molecule has 1 aromatic heterocycles. The van der Waals surface area contributed by atoms with Crippen LogP contribution in [0.4, 0.5) is 5.69 Å². The number of benzene rings is 2. The van der Waals surface area contributed by atoms with Crippen LogP contribution in [-0.2, 0) is 5.75 Å². The molecular formula is C18H17N5OS. The first-order valence-corrected chi connectivity index (χ1v) is 9.14. The SMILES string of the molecule is O=C(Nc1ccccc1)c1ccc(CSc2nnnn2C2CC2)cc1. The van der Waals surface area contributed by atoms with E-state index >= 15 is 0 Å². The second-order valence-corrected chi connectivity index (χ2v) is 6.89. The summed E-state index contributed by atoms with van der Waals surface area (Å²) in [7, 11) is 0. The first-order valence-electron chi connectivity index (χ1n) is 8.15. The van der Waals surface area contributed by atoms with Gasteiger partial charge in [0.1, 0.15) is 0 Å². The summed E-state index contributed by atoms with van der Waals surface area (Å²) in [6.45, 7) is 0. The first-order chi connectivity index (χ1) is 12.3. The lowest BCUT2D eigenvalue weighted by molar-refractivity contribution is 0.102. The standard InChI is InChI=1S/C18H17N5OS/c24-17(19-15-4-2-1-3-5-15)14-8-6-13(7-9-14)12-25-18-20-21-22-23(18)16-10-11-16/h1-9,16H,10-12H2,(H,19,24). The maximum absolute atomic E-state index is 12.3. The van der Waals surface area contributed by atoms with Gasteiger partial charge in [-0.05, 0) is 53.1 Å². The largest absolute Gasteiger partial charge is 0.322 e. The molecule has 0 aliphatic heterocycles. The Labute approximate surface area is 149 Å². The smallest absolute Gasteiger partial charge is 0.255 e. The van der Waals surface area contributed by atoms with Crippen LogP contribution in [0.25, 0.3) is 0 Å². The van der Waals surface area contributed by atoms with Crippen molar-refractivity contribution in [3.8, 4) is 0 Å². The summed E-state index contributed by atoms with van der Waals surface area (Å²) >= 11 is 1.62. The van der Waals surface area contributed by atoms with Crippen LogP contribution >= 0.6 is 11.8 Å². The number of nitrogens with one attached hydrogen (secondary N) is 1. The molecular weight excluding hydrogens is 334 g/mol. The average molecular weight is 351 g/mol. The monoisotopic (exact) mass is 351 g/mol. The van der Waals surface area contributed by atoms with E-state index in [4.69, 9.17) is 0 Å². The highest BCUT2D eigenvalue weighted by Gasteiger charge is 2.27. The maximum atomic E-state index is 12.3. The molecule has 25 heavy (non-hydrogen) atoms. The number of hydrogen-bond donors (Lipinski definition) is 1. The van der Waals surface area contributed by atoms with Gasteiger partial charge in [0, 0.05) is 17.0 Å². The van der Waals surface area contributed by atoms with Crippen LogP contribution in [0.1, 0.15) is 34.8 Å². The normalized spacial score (nSPS) is 13.6. The van der Waals surface area contributed by atoms with Crippen molar-refractivity contribution in [3.05, 3.63) is 65.7 Å². The number of hydrogen-bond acceptors (Lipinski definition) is 5. The van der Waals surface area contributed by atoms with Crippen LogP contribution in [0.3, 0.4) is 0 Å². The quantitative estimate of drug-likeness (QED) is 0.688. The van der Waals surface area contributed by atoms with E-state index < -0.39 is 0 Å². The van der Waals surface area contributed by atoms with Crippen molar-refractivity contribution >= 4 is 23.4 Å². The van der Waals surface area contributed by atoms with Crippen molar-refractivity contribution in [3.63, 3.8) is 0 Å². The van der Waals surface area contributed by atoms with Gasteiger partial charge >= 0.3 is 0 Å². The van der Waals surface area contributed by atoms with Gasteiger partial charge in [0.05, 0.1) is 6.04 Å². The van der Waals surface area contributed by atoms with E-state index in [1.165, 1.54) is 0 Å². The van der Waals surface area contributed by atoms with E-state index in [2.05, 4.69) is 20.8 Å². The average Bonchev–Trinajstić information content (AvgIpc) is 3.39. The van der Waals surface area contributed by atoms with Gasteiger partial charge in [-0.25, -0.2) is 4.68 Å². The maximum Gasteiger partial charge on any atom is 0.255 e. The molecule has 1 aliphatic rings. The Kier molecular flexibility index (Phi) is 4.47. The summed E-state index contributed by atoms with van der Waals surface area (Å²) in [5, 5.41) is 15.6. The van der Waals surface area contributed by atoms with E-state index in [1.54, 1.807) is 11.8 Å². The molecule has 7 heteroatoms. The number of carbonyl (C=O) groups is 1. The number of amides is 1.